The fourth-order valence-electron chi connectivity index (χ4n) is 2.89. The Kier molecular flexibility index (Phi) is 3.26. The molecule has 0 saturated heterocycles. The van der Waals surface area contributed by atoms with Crippen molar-refractivity contribution in [3.63, 3.8) is 0 Å². The summed E-state index contributed by atoms with van der Waals surface area (Å²) in [4.78, 5) is 14.1. The Bertz CT molecular complexity index is 848. The van der Waals surface area contributed by atoms with Crippen LogP contribution in [0.2, 0.25) is 0 Å². The maximum atomic E-state index is 13.0. The summed E-state index contributed by atoms with van der Waals surface area (Å²) in [7, 11) is 0. The molecule has 2 aromatic carbocycles. The summed E-state index contributed by atoms with van der Waals surface area (Å²) in [6, 6.07) is 12.2. The first-order valence-electron chi connectivity index (χ1n) is 7.49. The number of carbonyl (C=O) groups excluding carboxylic acids is 1. The van der Waals surface area contributed by atoms with Crippen LogP contribution in [0.25, 0.3) is 6.08 Å². The summed E-state index contributed by atoms with van der Waals surface area (Å²) in [5, 5.41) is 0. The van der Waals surface area contributed by atoms with E-state index in [2.05, 4.69) is 9.47 Å². The van der Waals surface area contributed by atoms with Crippen LogP contribution < -0.4 is 14.4 Å². The third-order valence-electron chi connectivity index (χ3n) is 4.00. The number of alkyl halides is 2. The number of hydrogen-bond acceptors (Lipinski definition) is 3. The van der Waals surface area contributed by atoms with Gasteiger partial charge in [-0.05, 0) is 41.8 Å². The fourth-order valence-corrected chi connectivity index (χ4v) is 2.89. The standard InChI is InChI=1S/C18H13F2NO3/c19-18(20)23-15-7-5-12(11-16(15)24-18)6-8-17(22)21-10-9-13-3-1-2-4-14(13)21/h1-8,11H,9-10H2. The molecule has 2 aliphatic rings. The maximum Gasteiger partial charge on any atom is 0.586 e. The fraction of sp³-hybridized carbons (Fsp3) is 0.167. The van der Waals surface area contributed by atoms with Gasteiger partial charge in [-0.2, -0.15) is 0 Å². The second-order valence-electron chi connectivity index (χ2n) is 5.58. The Labute approximate surface area is 136 Å². The van der Waals surface area contributed by atoms with Gasteiger partial charge in [0.15, 0.2) is 11.5 Å². The molecule has 0 radical (unpaired) electrons. The molecule has 0 aromatic heterocycles. The smallest absolute Gasteiger partial charge is 0.395 e. The van der Waals surface area contributed by atoms with Gasteiger partial charge in [-0.3, -0.25) is 4.79 Å². The highest BCUT2D eigenvalue weighted by molar-refractivity contribution is 6.05. The number of fused-ring (bicyclic) bond motifs is 2. The third-order valence-corrected chi connectivity index (χ3v) is 4.00. The number of benzene rings is 2. The van der Waals surface area contributed by atoms with Crippen molar-refractivity contribution >= 4 is 17.7 Å². The molecule has 0 spiro atoms. The highest BCUT2D eigenvalue weighted by Gasteiger charge is 2.43. The minimum atomic E-state index is -3.64. The highest BCUT2D eigenvalue weighted by atomic mass is 19.3. The van der Waals surface area contributed by atoms with Gasteiger partial charge >= 0.3 is 6.29 Å². The van der Waals surface area contributed by atoms with Crippen LogP contribution in [0, 0.1) is 0 Å². The van der Waals surface area contributed by atoms with E-state index in [1.807, 2.05) is 24.3 Å². The van der Waals surface area contributed by atoms with Gasteiger partial charge in [0.1, 0.15) is 0 Å². The topological polar surface area (TPSA) is 38.8 Å². The molecule has 0 N–H and O–H groups in total. The van der Waals surface area contributed by atoms with Crippen LogP contribution in [0.3, 0.4) is 0 Å². The van der Waals surface area contributed by atoms with E-state index in [0.29, 0.717) is 12.1 Å². The molecule has 0 atom stereocenters. The summed E-state index contributed by atoms with van der Waals surface area (Å²) < 4.78 is 34.8. The van der Waals surface area contributed by atoms with Gasteiger partial charge in [-0.25, -0.2) is 0 Å². The summed E-state index contributed by atoms with van der Waals surface area (Å²) in [5.41, 5.74) is 2.64. The summed E-state index contributed by atoms with van der Waals surface area (Å²) in [5.74, 6) is -0.207. The molecule has 0 aliphatic carbocycles. The van der Waals surface area contributed by atoms with E-state index in [9.17, 15) is 13.6 Å². The lowest BCUT2D eigenvalue weighted by atomic mass is 10.1. The molecule has 2 aromatic rings. The monoisotopic (exact) mass is 329 g/mol. The van der Waals surface area contributed by atoms with E-state index in [-0.39, 0.29) is 17.4 Å². The van der Waals surface area contributed by atoms with Crippen molar-refractivity contribution in [2.45, 2.75) is 12.7 Å². The van der Waals surface area contributed by atoms with Crippen molar-refractivity contribution in [2.75, 3.05) is 11.4 Å². The average Bonchev–Trinajstić information content (AvgIpc) is 3.11. The molecule has 0 fully saturated rings. The second-order valence-corrected chi connectivity index (χ2v) is 5.58. The van der Waals surface area contributed by atoms with Crippen LogP contribution in [0.1, 0.15) is 11.1 Å². The molecule has 0 bridgehead atoms. The summed E-state index contributed by atoms with van der Waals surface area (Å²) in [6.45, 7) is 0.635. The van der Waals surface area contributed by atoms with Crippen LogP contribution in [-0.4, -0.2) is 18.7 Å². The zero-order valence-corrected chi connectivity index (χ0v) is 12.5. The van der Waals surface area contributed by atoms with Crippen LogP contribution >= 0.6 is 0 Å². The molecule has 1 amide bonds. The lowest BCUT2D eigenvalue weighted by molar-refractivity contribution is -0.286. The molecular weight excluding hydrogens is 316 g/mol. The van der Waals surface area contributed by atoms with Gasteiger partial charge in [0.2, 0.25) is 0 Å². The molecule has 4 nitrogen and oxygen atoms in total. The van der Waals surface area contributed by atoms with Crippen LogP contribution in [-0.2, 0) is 11.2 Å². The first kappa shape index (κ1) is 14.7. The summed E-state index contributed by atoms with van der Waals surface area (Å²) in [6.07, 6.45) is 0.190. The highest BCUT2D eigenvalue weighted by Crippen LogP contribution is 2.41. The Morgan fingerprint density at radius 1 is 1.12 bits per heavy atom. The predicted molar refractivity (Wildman–Crippen MR) is 84.2 cm³/mol. The van der Waals surface area contributed by atoms with Gasteiger partial charge in [0.05, 0.1) is 0 Å². The number of rotatable bonds is 2. The molecule has 122 valence electrons. The largest absolute Gasteiger partial charge is 0.586 e. The lowest BCUT2D eigenvalue weighted by Crippen LogP contribution is -2.26. The third kappa shape index (κ3) is 2.60. The maximum absolute atomic E-state index is 13.0. The van der Waals surface area contributed by atoms with Crippen LogP contribution in [0.15, 0.2) is 48.5 Å². The van der Waals surface area contributed by atoms with Gasteiger partial charge in [-0.15, -0.1) is 8.78 Å². The Hall–Kier alpha value is -2.89. The van der Waals surface area contributed by atoms with Crippen molar-refractivity contribution in [2.24, 2.45) is 0 Å². The number of amides is 1. The van der Waals surface area contributed by atoms with Gasteiger partial charge in [-0.1, -0.05) is 24.3 Å². The molecule has 0 unspecified atom stereocenters. The number of para-hydroxylation sites is 1. The molecule has 24 heavy (non-hydrogen) atoms. The SMILES string of the molecule is O=C(C=Cc1ccc2c(c1)OC(F)(F)O2)N1CCc2ccccc21. The zero-order chi connectivity index (χ0) is 16.7. The second kappa shape index (κ2) is 5.33. The van der Waals surface area contributed by atoms with Crippen LogP contribution in [0.4, 0.5) is 14.5 Å². The van der Waals surface area contributed by atoms with Crippen molar-refractivity contribution < 1.29 is 23.0 Å². The van der Waals surface area contributed by atoms with E-state index in [4.69, 9.17) is 0 Å². The van der Waals surface area contributed by atoms with Crippen molar-refractivity contribution in [3.8, 4) is 11.5 Å². The van der Waals surface area contributed by atoms with Crippen molar-refractivity contribution in [1.82, 2.24) is 0 Å². The average molecular weight is 329 g/mol. The molecule has 2 heterocycles. The first-order chi connectivity index (χ1) is 11.5. The zero-order valence-electron chi connectivity index (χ0n) is 12.5. The van der Waals surface area contributed by atoms with Gasteiger partial charge in [0, 0.05) is 18.3 Å². The minimum absolute atomic E-state index is 0.0167. The van der Waals surface area contributed by atoms with E-state index < -0.39 is 6.29 Å². The van der Waals surface area contributed by atoms with E-state index >= 15 is 0 Å². The molecular formula is C18H13F2NO3. The number of anilines is 1. The Balaban J connectivity index is 1.52. The molecule has 6 heteroatoms. The van der Waals surface area contributed by atoms with Crippen LogP contribution in [0.5, 0.6) is 11.5 Å². The number of halogens is 2. The first-order valence-corrected chi connectivity index (χ1v) is 7.49. The number of nitrogens with zero attached hydrogens (tertiary/aromatic N) is 1. The van der Waals surface area contributed by atoms with E-state index in [0.717, 1.165) is 17.7 Å². The van der Waals surface area contributed by atoms with Gasteiger partial charge in [0.25, 0.3) is 5.91 Å². The van der Waals surface area contributed by atoms with Crippen molar-refractivity contribution in [1.29, 1.82) is 0 Å². The minimum Gasteiger partial charge on any atom is -0.395 e. The Morgan fingerprint density at radius 3 is 2.79 bits per heavy atom. The van der Waals surface area contributed by atoms with E-state index in [1.165, 1.54) is 18.2 Å². The number of carbonyl (C=O) groups is 1. The number of hydrogen-bond donors (Lipinski definition) is 0. The van der Waals surface area contributed by atoms with E-state index in [1.54, 1.807) is 17.0 Å². The number of ether oxygens (including phenoxy) is 2. The van der Waals surface area contributed by atoms with Gasteiger partial charge < -0.3 is 14.4 Å². The molecule has 0 saturated carbocycles. The summed E-state index contributed by atoms with van der Waals surface area (Å²) >= 11 is 0. The lowest BCUT2D eigenvalue weighted by Gasteiger charge is -2.14. The predicted octanol–water partition coefficient (Wildman–Crippen LogP) is 3.61. The normalized spacial score (nSPS) is 17.3. The quantitative estimate of drug-likeness (QED) is 0.790. The van der Waals surface area contributed by atoms with Crippen molar-refractivity contribution in [3.05, 3.63) is 59.7 Å². The molecule has 2 aliphatic heterocycles. The molecule has 4 rings (SSSR count). The Morgan fingerprint density at radius 2 is 1.92 bits per heavy atom.